The van der Waals surface area contributed by atoms with Gasteiger partial charge in [-0.3, -0.25) is 0 Å². The minimum absolute atomic E-state index is 0.000937. The zero-order chi connectivity index (χ0) is 37.9. The summed E-state index contributed by atoms with van der Waals surface area (Å²) in [6.07, 6.45) is 0. The van der Waals surface area contributed by atoms with Crippen LogP contribution in [0.15, 0.2) is 120 Å². The van der Waals surface area contributed by atoms with E-state index >= 15 is 0 Å². The Balaban J connectivity index is 1.39. The summed E-state index contributed by atoms with van der Waals surface area (Å²) in [6, 6.07) is 35.8. The van der Waals surface area contributed by atoms with E-state index < -0.39 is 11.5 Å². The van der Waals surface area contributed by atoms with Crippen molar-refractivity contribution in [3.05, 3.63) is 143 Å². The lowest BCUT2D eigenvalue weighted by molar-refractivity contribution is -0.135. The monoisotopic (exact) mass is 755 g/mol. The molecular weight excluding hydrogens is 711 g/mol. The standard InChI is InChI=1S/C41H45N3O9S/c1-4-50-39(45)38(44-53-27-31-20-21-36(51-29-48-24-22-46-2)37(26-31)52-30-49-25-23-47-3)35-28-54-40(42-35)43-41(32-14-8-5-9-15-32,33-16-10-6-11-17-33)34-18-12-7-13-19-34/h5-21,26,28H,4,22-25,27,29-30H2,1-3H3,(H,42,43)/b44-38+. The van der Waals surface area contributed by atoms with Gasteiger partial charge in [-0.2, -0.15) is 0 Å². The van der Waals surface area contributed by atoms with Crippen LogP contribution in [-0.2, 0) is 45.5 Å². The zero-order valence-electron chi connectivity index (χ0n) is 30.6. The summed E-state index contributed by atoms with van der Waals surface area (Å²) in [5.41, 5.74) is 3.17. The SMILES string of the molecule is CCOC(=O)/C(=N/OCc1ccc(OCOCCOC)c(OCOCCOC)c1)c1csc(NC(c2ccccc2)(c2ccccc2)c2ccccc2)n1. The number of nitrogens with one attached hydrogen (secondary N) is 1. The lowest BCUT2D eigenvalue weighted by Gasteiger charge is -2.36. The highest BCUT2D eigenvalue weighted by molar-refractivity contribution is 7.14. The first-order valence-electron chi connectivity index (χ1n) is 17.4. The predicted molar refractivity (Wildman–Crippen MR) is 206 cm³/mol. The van der Waals surface area contributed by atoms with Gasteiger partial charge < -0.3 is 43.3 Å². The maximum absolute atomic E-state index is 13.2. The van der Waals surface area contributed by atoms with E-state index in [2.05, 4.69) is 46.9 Å². The summed E-state index contributed by atoms with van der Waals surface area (Å²) < 4.78 is 37.9. The van der Waals surface area contributed by atoms with E-state index in [0.717, 1.165) is 16.7 Å². The number of ether oxygens (including phenoxy) is 7. The van der Waals surface area contributed by atoms with E-state index in [0.29, 0.717) is 54.3 Å². The molecule has 1 aromatic heterocycles. The molecule has 0 spiro atoms. The van der Waals surface area contributed by atoms with Gasteiger partial charge >= 0.3 is 5.97 Å². The zero-order valence-corrected chi connectivity index (χ0v) is 31.4. The highest BCUT2D eigenvalue weighted by atomic mass is 32.1. The number of benzene rings is 4. The second-order valence-corrected chi connectivity index (χ2v) is 12.4. The van der Waals surface area contributed by atoms with Crippen LogP contribution >= 0.6 is 11.3 Å². The van der Waals surface area contributed by atoms with Crippen molar-refractivity contribution in [3.63, 3.8) is 0 Å². The Kier molecular flexibility index (Phi) is 15.8. The molecule has 0 saturated heterocycles. The van der Waals surface area contributed by atoms with Crippen molar-refractivity contribution >= 4 is 28.1 Å². The summed E-state index contributed by atoms with van der Waals surface area (Å²) in [4.78, 5) is 23.8. The molecule has 4 aromatic carbocycles. The Labute approximate surface area is 319 Å². The quantitative estimate of drug-likeness (QED) is 0.0184. The number of anilines is 1. The number of hydrogen-bond acceptors (Lipinski definition) is 13. The smallest absolute Gasteiger partial charge is 0.362 e. The molecule has 0 saturated carbocycles. The largest absolute Gasteiger partial charge is 0.464 e. The van der Waals surface area contributed by atoms with E-state index in [1.807, 2.05) is 54.6 Å². The fourth-order valence-corrected chi connectivity index (χ4v) is 6.18. The Morgan fingerprint density at radius 1 is 0.741 bits per heavy atom. The average molecular weight is 756 g/mol. The summed E-state index contributed by atoms with van der Waals surface area (Å²) in [5, 5.41) is 10.3. The lowest BCUT2D eigenvalue weighted by atomic mass is 9.77. The van der Waals surface area contributed by atoms with Crippen LogP contribution in [0.5, 0.6) is 11.5 Å². The first-order chi connectivity index (χ1) is 26.6. The molecular formula is C41H45N3O9S. The highest BCUT2D eigenvalue weighted by Gasteiger charge is 2.37. The normalized spacial score (nSPS) is 11.6. The van der Waals surface area contributed by atoms with Gasteiger partial charge in [-0.15, -0.1) is 11.3 Å². The maximum atomic E-state index is 13.2. The van der Waals surface area contributed by atoms with Gasteiger partial charge in [-0.05, 0) is 41.3 Å². The van der Waals surface area contributed by atoms with Gasteiger partial charge in [0.05, 0.1) is 33.0 Å². The van der Waals surface area contributed by atoms with Gasteiger partial charge in [0.1, 0.15) is 17.8 Å². The van der Waals surface area contributed by atoms with E-state index in [4.69, 9.17) is 43.0 Å². The van der Waals surface area contributed by atoms with Crippen LogP contribution in [0.25, 0.3) is 0 Å². The molecule has 12 nitrogen and oxygen atoms in total. The van der Waals surface area contributed by atoms with Crippen LogP contribution in [0.2, 0.25) is 0 Å². The van der Waals surface area contributed by atoms with Crippen molar-refractivity contribution in [1.29, 1.82) is 0 Å². The van der Waals surface area contributed by atoms with Crippen LogP contribution in [0.1, 0.15) is 34.9 Å². The number of hydrogen-bond donors (Lipinski definition) is 1. The Hall–Kier alpha value is -5.31. The molecule has 0 radical (unpaired) electrons. The Bertz CT molecular complexity index is 1780. The molecule has 5 rings (SSSR count). The van der Waals surface area contributed by atoms with Crippen molar-refractivity contribution < 1.29 is 42.8 Å². The third-order valence-corrected chi connectivity index (χ3v) is 8.74. The molecule has 0 atom stereocenters. The van der Waals surface area contributed by atoms with Gasteiger partial charge in [0.25, 0.3) is 0 Å². The molecule has 13 heteroatoms. The second kappa shape index (κ2) is 21.4. The first-order valence-corrected chi connectivity index (χ1v) is 18.3. The number of nitrogens with zero attached hydrogens (tertiary/aromatic N) is 2. The number of methoxy groups -OCH3 is 2. The molecule has 0 aliphatic carbocycles. The van der Waals surface area contributed by atoms with Crippen LogP contribution < -0.4 is 14.8 Å². The summed E-state index contributed by atoms with van der Waals surface area (Å²) in [5.74, 6) is 0.193. The molecule has 0 fully saturated rings. The highest BCUT2D eigenvalue weighted by Crippen LogP contribution is 2.40. The average Bonchev–Trinajstić information content (AvgIpc) is 3.68. The minimum Gasteiger partial charge on any atom is -0.464 e. The predicted octanol–water partition coefficient (Wildman–Crippen LogP) is 7.03. The van der Waals surface area contributed by atoms with Crippen molar-refractivity contribution in [2.24, 2.45) is 5.16 Å². The number of aromatic nitrogens is 1. The second-order valence-electron chi connectivity index (χ2n) is 11.6. The number of carbonyl (C=O) groups excluding carboxylic acids is 1. The molecule has 0 unspecified atom stereocenters. The van der Waals surface area contributed by atoms with Gasteiger partial charge in [-0.1, -0.05) is 102 Å². The maximum Gasteiger partial charge on any atom is 0.362 e. The van der Waals surface area contributed by atoms with Crippen LogP contribution in [0.3, 0.4) is 0 Å². The molecule has 1 N–H and O–H groups in total. The summed E-state index contributed by atoms with van der Waals surface area (Å²) in [7, 11) is 3.19. The van der Waals surface area contributed by atoms with Crippen molar-refractivity contribution in [2.75, 3.05) is 66.2 Å². The first kappa shape index (κ1) is 39.9. The van der Waals surface area contributed by atoms with E-state index in [1.165, 1.54) is 11.3 Å². The van der Waals surface area contributed by atoms with Crippen LogP contribution in [0.4, 0.5) is 5.13 Å². The molecule has 5 aromatic rings. The summed E-state index contributed by atoms with van der Waals surface area (Å²) in [6.45, 7) is 3.47. The summed E-state index contributed by atoms with van der Waals surface area (Å²) >= 11 is 1.35. The molecule has 0 aliphatic heterocycles. The molecule has 1 heterocycles. The lowest BCUT2D eigenvalue weighted by Crippen LogP contribution is -2.38. The minimum atomic E-state index is -0.808. The van der Waals surface area contributed by atoms with Gasteiger partial charge in [-0.25, -0.2) is 9.78 Å². The third kappa shape index (κ3) is 10.9. The number of thiazole rings is 1. The number of esters is 1. The van der Waals surface area contributed by atoms with Crippen molar-refractivity contribution in [1.82, 2.24) is 4.98 Å². The third-order valence-electron chi connectivity index (χ3n) is 7.98. The fraction of sp³-hybridized carbons (Fsp3) is 0.293. The van der Waals surface area contributed by atoms with E-state index in [9.17, 15) is 4.79 Å². The number of carbonyl (C=O) groups is 1. The topological polar surface area (TPSA) is 128 Å². The van der Waals surface area contributed by atoms with Gasteiger partial charge in [0.15, 0.2) is 30.2 Å². The van der Waals surface area contributed by atoms with E-state index in [-0.39, 0.29) is 32.5 Å². The molecule has 54 heavy (non-hydrogen) atoms. The fourth-order valence-electron chi connectivity index (χ4n) is 5.43. The molecule has 0 amide bonds. The van der Waals surface area contributed by atoms with Crippen molar-refractivity contribution in [3.8, 4) is 11.5 Å². The van der Waals surface area contributed by atoms with Crippen LogP contribution in [0, 0.1) is 0 Å². The number of oxime groups is 1. The molecule has 284 valence electrons. The van der Waals surface area contributed by atoms with Crippen LogP contribution in [-0.4, -0.2) is 77.5 Å². The Morgan fingerprint density at radius 2 is 1.30 bits per heavy atom. The van der Waals surface area contributed by atoms with Crippen molar-refractivity contribution in [2.45, 2.75) is 19.1 Å². The molecule has 0 aliphatic rings. The Morgan fingerprint density at radius 3 is 1.83 bits per heavy atom. The van der Waals surface area contributed by atoms with Gasteiger partial charge in [0, 0.05) is 19.6 Å². The van der Waals surface area contributed by atoms with Gasteiger partial charge in [0.2, 0.25) is 5.71 Å². The number of rotatable bonds is 23. The van der Waals surface area contributed by atoms with E-state index in [1.54, 1.807) is 44.7 Å². The molecule has 0 bridgehead atoms.